The van der Waals surface area contributed by atoms with E-state index in [-0.39, 0.29) is 17.4 Å². The summed E-state index contributed by atoms with van der Waals surface area (Å²) in [6.45, 7) is 0. The van der Waals surface area contributed by atoms with E-state index >= 15 is 0 Å². The number of benzene rings is 4. The maximum Gasteiger partial charge on any atom is 0.272 e. The molecule has 0 aliphatic heterocycles. The standard InChI is InChI=1S/C32H29N3O3S/c1-35(2)27-17-13-23(14-18-27)21-29(34-31(37)25-11-7-4-8-12-25)32(38)33-26-15-19-28(20-16-26)39-22-30(36)24-9-5-3-6-10-24/h3-21H,22H2,1-2H3,(H,33,38)(H,34,37)/b29-21-. The average molecular weight is 536 g/mol. The molecule has 0 atom stereocenters. The highest BCUT2D eigenvalue weighted by atomic mass is 32.2. The van der Waals surface area contributed by atoms with E-state index in [4.69, 9.17) is 0 Å². The van der Waals surface area contributed by atoms with Crippen molar-refractivity contribution in [1.82, 2.24) is 5.32 Å². The van der Waals surface area contributed by atoms with Crippen LogP contribution in [0, 0.1) is 0 Å². The summed E-state index contributed by atoms with van der Waals surface area (Å²) in [5.41, 5.74) is 3.62. The molecule has 4 rings (SSSR count). The number of nitrogens with zero attached hydrogens (tertiary/aromatic N) is 1. The number of hydrogen-bond donors (Lipinski definition) is 2. The maximum atomic E-state index is 13.3. The molecule has 196 valence electrons. The Bertz CT molecular complexity index is 1450. The van der Waals surface area contributed by atoms with Crippen LogP contribution in [0.2, 0.25) is 0 Å². The minimum Gasteiger partial charge on any atom is -0.378 e. The molecule has 0 unspecified atom stereocenters. The molecular weight excluding hydrogens is 506 g/mol. The lowest BCUT2D eigenvalue weighted by Crippen LogP contribution is -2.30. The van der Waals surface area contributed by atoms with E-state index < -0.39 is 5.91 Å². The first kappa shape index (κ1) is 27.4. The van der Waals surface area contributed by atoms with Crippen LogP contribution in [0.3, 0.4) is 0 Å². The number of rotatable bonds is 10. The SMILES string of the molecule is CN(C)c1ccc(/C=C(\NC(=O)c2ccccc2)C(=O)Nc2ccc(SCC(=O)c3ccccc3)cc2)cc1. The van der Waals surface area contributed by atoms with Gasteiger partial charge >= 0.3 is 0 Å². The van der Waals surface area contributed by atoms with Crippen molar-refractivity contribution in [2.75, 3.05) is 30.1 Å². The first-order chi connectivity index (χ1) is 18.9. The third kappa shape index (κ3) is 7.93. The Hall–Kier alpha value is -4.62. The summed E-state index contributed by atoms with van der Waals surface area (Å²) in [7, 11) is 3.91. The van der Waals surface area contributed by atoms with Gasteiger partial charge in [-0.15, -0.1) is 11.8 Å². The molecule has 0 bridgehead atoms. The fraction of sp³-hybridized carbons (Fsp3) is 0.0938. The van der Waals surface area contributed by atoms with Crippen LogP contribution in [-0.4, -0.2) is 37.4 Å². The van der Waals surface area contributed by atoms with Crippen LogP contribution in [0.15, 0.2) is 120 Å². The molecule has 0 saturated heterocycles. The molecule has 0 aliphatic carbocycles. The van der Waals surface area contributed by atoms with Gasteiger partial charge in [-0.3, -0.25) is 14.4 Å². The molecule has 2 N–H and O–H groups in total. The quantitative estimate of drug-likeness (QED) is 0.145. The second-order valence-corrected chi connectivity index (χ2v) is 9.97. The predicted molar refractivity (Wildman–Crippen MR) is 159 cm³/mol. The van der Waals surface area contributed by atoms with Gasteiger partial charge in [0.15, 0.2) is 5.78 Å². The first-order valence-electron chi connectivity index (χ1n) is 12.4. The molecule has 0 aliphatic rings. The molecule has 0 fully saturated rings. The molecule has 0 saturated carbocycles. The van der Waals surface area contributed by atoms with Crippen molar-refractivity contribution in [1.29, 1.82) is 0 Å². The van der Waals surface area contributed by atoms with Crippen molar-refractivity contribution in [3.63, 3.8) is 0 Å². The molecule has 4 aromatic carbocycles. The molecule has 4 aromatic rings. The second-order valence-electron chi connectivity index (χ2n) is 8.92. The van der Waals surface area contributed by atoms with E-state index in [0.717, 1.165) is 16.1 Å². The number of amides is 2. The van der Waals surface area contributed by atoms with E-state index in [1.54, 1.807) is 54.6 Å². The van der Waals surface area contributed by atoms with Gasteiger partial charge in [0, 0.05) is 41.5 Å². The zero-order chi connectivity index (χ0) is 27.6. The smallest absolute Gasteiger partial charge is 0.272 e. The van der Waals surface area contributed by atoms with Crippen molar-refractivity contribution in [2.45, 2.75) is 4.90 Å². The topological polar surface area (TPSA) is 78.5 Å². The Labute approximate surface area is 232 Å². The predicted octanol–water partition coefficient (Wildman–Crippen LogP) is 6.14. The monoisotopic (exact) mass is 535 g/mol. The van der Waals surface area contributed by atoms with Crippen molar-refractivity contribution >= 4 is 46.8 Å². The van der Waals surface area contributed by atoms with E-state index in [0.29, 0.717) is 22.6 Å². The number of thioether (sulfide) groups is 1. The molecule has 0 spiro atoms. The summed E-state index contributed by atoms with van der Waals surface area (Å²) in [4.78, 5) is 41.4. The molecule has 0 aromatic heterocycles. The zero-order valence-electron chi connectivity index (χ0n) is 21.8. The van der Waals surface area contributed by atoms with Crippen LogP contribution in [0.25, 0.3) is 6.08 Å². The fourth-order valence-electron chi connectivity index (χ4n) is 3.67. The Morgan fingerprint density at radius 2 is 1.33 bits per heavy atom. The van der Waals surface area contributed by atoms with Crippen molar-refractivity contribution < 1.29 is 14.4 Å². The van der Waals surface area contributed by atoms with Gasteiger partial charge in [0.1, 0.15) is 5.70 Å². The molecule has 0 radical (unpaired) electrons. The normalized spacial score (nSPS) is 11.0. The lowest BCUT2D eigenvalue weighted by atomic mass is 10.1. The number of carbonyl (C=O) groups excluding carboxylic acids is 3. The van der Waals surface area contributed by atoms with Gasteiger partial charge in [0.2, 0.25) is 0 Å². The molecule has 7 heteroatoms. The van der Waals surface area contributed by atoms with Gasteiger partial charge in [0.25, 0.3) is 11.8 Å². The van der Waals surface area contributed by atoms with Crippen LogP contribution in [0.1, 0.15) is 26.3 Å². The number of Topliss-reactive ketones (excluding diaryl/α,β-unsaturated/α-hetero) is 1. The molecule has 2 amide bonds. The third-order valence-corrected chi connectivity index (χ3v) is 6.84. The molecule has 0 heterocycles. The Morgan fingerprint density at radius 1 is 0.744 bits per heavy atom. The van der Waals surface area contributed by atoms with E-state index in [2.05, 4.69) is 10.6 Å². The lowest BCUT2D eigenvalue weighted by molar-refractivity contribution is -0.113. The number of carbonyl (C=O) groups is 3. The number of hydrogen-bond acceptors (Lipinski definition) is 5. The van der Waals surface area contributed by atoms with Gasteiger partial charge < -0.3 is 15.5 Å². The summed E-state index contributed by atoms with van der Waals surface area (Å²) >= 11 is 1.43. The van der Waals surface area contributed by atoms with E-state index in [9.17, 15) is 14.4 Å². The first-order valence-corrected chi connectivity index (χ1v) is 13.4. The second kappa shape index (κ2) is 13.3. The third-order valence-electron chi connectivity index (χ3n) is 5.83. The van der Waals surface area contributed by atoms with Gasteiger partial charge in [-0.2, -0.15) is 0 Å². The number of anilines is 2. The summed E-state index contributed by atoms with van der Waals surface area (Å²) in [6, 6.07) is 32.8. The Kier molecular flexibility index (Phi) is 9.32. The largest absolute Gasteiger partial charge is 0.378 e. The van der Waals surface area contributed by atoms with Crippen LogP contribution in [0.4, 0.5) is 11.4 Å². The maximum absolute atomic E-state index is 13.3. The highest BCUT2D eigenvalue weighted by Gasteiger charge is 2.15. The minimum absolute atomic E-state index is 0.0560. The fourth-order valence-corrected chi connectivity index (χ4v) is 4.46. The van der Waals surface area contributed by atoms with Crippen molar-refractivity contribution in [2.24, 2.45) is 0 Å². The Morgan fingerprint density at radius 3 is 1.92 bits per heavy atom. The molecule has 6 nitrogen and oxygen atoms in total. The highest BCUT2D eigenvalue weighted by molar-refractivity contribution is 8.00. The van der Waals surface area contributed by atoms with Gasteiger partial charge in [-0.1, -0.05) is 60.7 Å². The van der Waals surface area contributed by atoms with Crippen LogP contribution in [0.5, 0.6) is 0 Å². The van der Waals surface area contributed by atoms with Gasteiger partial charge in [-0.25, -0.2) is 0 Å². The van der Waals surface area contributed by atoms with E-state index in [1.807, 2.05) is 79.7 Å². The van der Waals surface area contributed by atoms with Crippen LogP contribution >= 0.6 is 11.8 Å². The summed E-state index contributed by atoms with van der Waals surface area (Å²) in [6.07, 6.45) is 1.65. The summed E-state index contributed by atoms with van der Waals surface area (Å²) in [5, 5.41) is 5.62. The highest BCUT2D eigenvalue weighted by Crippen LogP contribution is 2.22. The van der Waals surface area contributed by atoms with Gasteiger partial charge in [-0.05, 0) is 60.2 Å². The number of ketones is 1. The zero-order valence-corrected chi connectivity index (χ0v) is 22.6. The van der Waals surface area contributed by atoms with Gasteiger partial charge in [0.05, 0.1) is 5.75 Å². The van der Waals surface area contributed by atoms with E-state index in [1.165, 1.54) is 11.8 Å². The lowest BCUT2D eigenvalue weighted by Gasteiger charge is -2.13. The summed E-state index contributed by atoms with van der Waals surface area (Å²) < 4.78 is 0. The summed E-state index contributed by atoms with van der Waals surface area (Å²) in [5.74, 6) is -0.450. The van der Waals surface area contributed by atoms with Crippen molar-refractivity contribution in [3.8, 4) is 0 Å². The number of nitrogens with one attached hydrogen (secondary N) is 2. The van der Waals surface area contributed by atoms with Crippen LogP contribution in [-0.2, 0) is 4.79 Å². The van der Waals surface area contributed by atoms with Crippen LogP contribution < -0.4 is 15.5 Å². The Balaban J connectivity index is 1.46. The molecule has 39 heavy (non-hydrogen) atoms. The minimum atomic E-state index is -0.448. The van der Waals surface area contributed by atoms with Crippen molar-refractivity contribution in [3.05, 3.63) is 132 Å². The molecular formula is C32H29N3O3S. The average Bonchev–Trinajstić information content (AvgIpc) is 2.97.